The van der Waals surface area contributed by atoms with Crippen LogP contribution in [0.2, 0.25) is 0 Å². The summed E-state index contributed by atoms with van der Waals surface area (Å²) >= 11 is 0. The molecule has 3 rings (SSSR count). The van der Waals surface area contributed by atoms with E-state index >= 15 is 0 Å². The molecule has 2 aromatic heterocycles. The lowest BCUT2D eigenvalue weighted by Crippen LogP contribution is -3.00. The van der Waals surface area contributed by atoms with E-state index in [4.69, 9.17) is 10.5 Å². The summed E-state index contributed by atoms with van der Waals surface area (Å²) in [6.07, 6.45) is 2.65. The van der Waals surface area contributed by atoms with Gasteiger partial charge in [-0.2, -0.15) is 0 Å². The minimum Gasteiger partial charge on any atom is -1.00 e. The lowest BCUT2D eigenvalue weighted by atomic mass is 10.2. The zero-order valence-electron chi connectivity index (χ0n) is 14.0. The SMILES string of the molecule is Cc1ccc2c(N)c(OCC[N+]3(C)CCCC3)nn2c1C.Cl.[Cl-]. The third-order valence-corrected chi connectivity index (χ3v) is 4.82. The molecule has 0 spiro atoms. The molecule has 5 nitrogen and oxygen atoms in total. The Morgan fingerprint density at radius 2 is 1.91 bits per heavy atom. The van der Waals surface area contributed by atoms with E-state index in [0.29, 0.717) is 18.2 Å². The van der Waals surface area contributed by atoms with Gasteiger partial charge >= 0.3 is 0 Å². The van der Waals surface area contributed by atoms with Crippen molar-refractivity contribution in [2.75, 3.05) is 39.0 Å². The fourth-order valence-electron chi connectivity index (χ4n) is 3.12. The maximum atomic E-state index is 6.17. The third-order valence-electron chi connectivity index (χ3n) is 4.82. The number of aryl methyl sites for hydroxylation is 2. The molecule has 1 saturated heterocycles. The van der Waals surface area contributed by atoms with E-state index in [-0.39, 0.29) is 24.8 Å². The molecular weight excluding hydrogens is 335 g/mol. The quantitative estimate of drug-likeness (QED) is 0.753. The Kier molecular flexibility index (Phi) is 6.57. The van der Waals surface area contributed by atoms with E-state index in [2.05, 4.69) is 32.1 Å². The molecule has 1 aliphatic rings. The van der Waals surface area contributed by atoms with Crippen LogP contribution in [0.25, 0.3) is 5.52 Å². The van der Waals surface area contributed by atoms with E-state index < -0.39 is 0 Å². The molecule has 130 valence electrons. The second-order valence-electron chi connectivity index (χ2n) is 6.46. The van der Waals surface area contributed by atoms with Crippen LogP contribution in [0.15, 0.2) is 12.1 Å². The number of fused-ring (bicyclic) bond motifs is 1. The van der Waals surface area contributed by atoms with Crippen LogP contribution in [0, 0.1) is 13.8 Å². The molecule has 0 radical (unpaired) electrons. The van der Waals surface area contributed by atoms with Gasteiger partial charge in [0.15, 0.2) is 0 Å². The summed E-state index contributed by atoms with van der Waals surface area (Å²) in [5, 5.41) is 4.52. The lowest BCUT2D eigenvalue weighted by molar-refractivity contribution is -0.897. The van der Waals surface area contributed by atoms with Gasteiger partial charge in [0, 0.05) is 18.5 Å². The first-order valence-corrected chi connectivity index (χ1v) is 7.71. The van der Waals surface area contributed by atoms with Gasteiger partial charge in [-0.15, -0.1) is 17.5 Å². The number of nitrogen functional groups attached to an aromatic ring is 1. The van der Waals surface area contributed by atoms with Crippen molar-refractivity contribution in [2.24, 2.45) is 0 Å². The number of likely N-dealkylation sites (tertiary alicyclic amines) is 1. The number of pyridine rings is 1. The molecule has 0 amide bonds. The first-order chi connectivity index (χ1) is 10.0. The van der Waals surface area contributed by atoms with Crippen molar-refractivity contribution in [2.45, 2.75) is 26.7 Å². The fraction of sp³-hybridized carbons (Fsp3) is 0.562. The van der Waals surface area contributed by atoms with Gasteiger partial charge in [-0.05, 0) is 25.5 Å². The summed E-state index contributed by atoms with van der Waals surface area (Å²) in [4.78, 5) is 0. The monoisotopic (exact) mass is 360 g/mol. The van der Waals surface area contributed by atoms with Gasteiger partial charge in [-0.3, -0.25) is 0 Å². The van der Waals surface area contributed by atoms with Crippen LogP contribution in [0.1, 0.15) is 24.1 Å². The molecule has 1 aliphatic heterocycles. The number of nitrogens with two attached hydrogens (primary N) is 1. The molecule has 0 unspecified atom stereocenters. The van der Waals surface area contributed by atoms with Crippen molar-refractivity contribution < 1.29 is 21.6 Å². The molecule has 3 heterocycles. The smallest absolute Gasteiger partial charge is 0.257 e. The molecule has 0 saturated carbocycles. The van der Waals surface area contributed by atoms with Crippen LogP contribution in [0.5, 0.6) is 5.88 Å². The van der Waals surface area contributed by atoms with Crippen LogP contribution in [0.3, 0.4) is 0 Å². The van der Waals surface area contributed by atoms with Crippen molar-refractivity contribution in [1.29, 1.82) is 0 Å². The highest BCUT2D eigenvalue weighted by Gasteiger charge is 2.26. The van der Waals surface area contributed by atoms with Crippen molar-refractivity contribution in [3.8, 4) is 5.88 Å². The normalized spacial score (nSPS) is 16.0. The van der Waals surface area contributed by atoms with Crippen molar-refractivity contribution in [3.05, 3.63) is 23.4 Å². The molecule has 2 N–H and O–H groups in total. The molecule has 0 aromatic carbocycles. The number of nitrogens with zero attached hydrogens (tertiary/aromatic N) is 3. The zero-order chi connectivity index (χ0) is 15.0. The average molecular weight is 361 g/mol. The van der Waals surface area contributed by atoms with Crippen LogP contribution < -0.4 is 22.9 Å². The molecule has 1 fully saturated rings. The minimum absolute atomic E-state index is 0. The Balaban J connectivity index is 0.00000132. The standard InChI is InChI=1S/C16H25N4O.2ClH/c1-12-6-7-14-15(17)16(18-19(14)13(12)2)21-11-10-20(3)8-4-5-9-20;;/h6-7H,4-5,8-11,17H2,1-3H3;2*1H/q+1;;/p-1. The number of anilines is 1. The van der Waals surface area contributed by atoms with E-state index in [1.165, 1.54) is 31.5 Å². The molecule has 2 aromatic rings. The van der Waals surface area contributed by atoms with Gasteiger partial charge in [0.2, 0.25) is 0 Å². The van der Waals surface area contributed by atoms with E-state index in [1.807, 2.05) is 10.6 Å². The number of quaternary nitrogens is 1. The van der Waals surface area contributed by atoms with Gasteiger partial charge in [0.25, 0.3) is 5.88 Å². The summed E-state index contributed by atoms with van der Waals surface area (Å²) in [6.45, 7) is 8.32. The van der Waals surface area contributed by atoms with E-state index in [1.54, 1.807) is 0 Å². The number of ether oxygens (including phenoxy) is 1. The largest absolute Gasteiger partial charge is 1.00 e. The topological polar surface area (TPSA) is 52.5 Å². The molecule has 0 aliphatic carbocycles. The number of aromatic nitrogens is 2. The molecule has 7 heteroatoms. The van der Waals surface area contributed by atoms with Crippen LogP contribution in [0.4, 0.5) is 5.69 Å². The predicted molar refractivity (Wildman–Crippen MR) is 91.8 cm³/mol. The Morgan fingerprint density at radius 3 is 2.57 bits per heavy atom. The summed E-state index contributed by atoms with van der Waals surface area (Å²) in [6, 6.07) is 4.08. The molecule has 0 bridgehead atoms. The van der Waals surface area contributed by atoms with Gasteiger partial charge in [-0.1, -0.05) is 6.07 Å². The molecular formula is C16H26Cl2N4O. The molecule has 0 atom stereocenters. The lowest BCUT2D eigenvalue weighted by Gasteiger charge is -2.28. The van der Waals surface area contributed by atoms with E-state index in [0.717, 1.165) is 22.2 Å². The first kappa shape index (κ1) is 19.9. The minimum atomic E-state index is 0. The van der Waals surface area contributed by atoms with Crippen LogP contribution in [-0.2, 0) is 0 Å². The maximum Gasteiger partial charge on any atom is 0.257 e. The number of halogens is 2. The number of hydrogen-bond acceptors (Lipinski definition) is 3. The summed E-state index contributed by atoms with van der Waals surface area (Å²) < 4.78 is 8.85. The number of hydrogen-bond donors (Lipinski definition) is 1. The highest BCUT2D eigenvalue weighted by atomic mass is 35.5. The van der Waals surface area contributed by atoms with Gasteiger partial charge in [0.05, 0.1) is 25.7 Å². The predicted octanol–water partition coefficient (Wildman–Crippen LogP) is -0.422. The molecule has 23 heavy (non-hydrogen) atoms. The Bertz CT molecular complexity index is 666. The number of rotatable bonds is 4. The number of likely N-dealkylation sites (N-methyl/N-ethyl adjacent to an activating group) is 1. The second kappa shape index (κ2) is 7.60. The van der Waals surface area contributed by atoms with Crippen LogP contribution >= 0.6 is 12.4 Å². The highest BCUT2D eigenvalue weighted by Crippen LogP contribution is 2.27. The Labute approximate surface area is 150 Å². The highest BCUT2D eigenvalue weighted by molar-refractivity contribution is 5.85. The third kappa shape index (κ3) is 3.84. The first-order valence-electron chi connectivity index (χ1n) is 7.71. The summed E-state index contributed by atoms with van der Waals surface area (Å²) in [5.41, 5.74) is 10.0. The average Bonchev–Trinajstić information content (AvgIpc) is 3.01. The fourth-order valence-corrected chi connectivity index (χ4v) is 3.12. The second-order valence-corrected chi connectivity index (χ2v) is 6.46. The Hall–Kier alpha value is -1.17. The summed E-state index contributed by atoms with van der Waals surface area (Å²) in [7, 11) is 2.30. The van der Waals surface area contributed by atoms with Crippen molar-refractivity contribution in [3.63, 3.8) is 0 Å². The van der Waals surface area contributed by atoms with Gasteiger partial charge in [0.1, 0.15) is 18.8 Å². The Morgan fingerprint density at radius 1 is 1.26 bits per heavy atom. The van der Waals surface area contributed by atoms with Crippen molar-refractivity contribution in [1.82, 2.24) is 9.61 Å². The summed E-state index contributed by atoms with van der Waals surface area (Å²) in [5.74, 6) is 0.564. The van der Waals surface area contributed by atoms with Gasteiger partial charge < -0.3 is 27.4 Å². The van der Waals surface area contributed by atoms with Crippen molar-refractivity contribution >= 4 is 23.6 Å². The maximum absolute atomic E-state index is 6.17. The van der Waals surface area contributed by atoms with Crippen LogP contribution in [-0.4, -0.2) is 47.4 Å². The zero-order valence-corrected chi connectivity index (χ0v) is 15.6. The van der Waals surface area contributed by atoms with Gasteiger partial charge in [-0.25, -0.2) is 4.52 Å². The van der Waals surface area contributed by atoms with E-state index in [9.17, 15) is 0 Å².